The lowest BCUT2D eigenvalue weighted by Crippen LogP contribution is -1.99. The summed E-state index contributed by atoms with van der Waals surface area (Å²) in [7, 11) is 3.33. The molecule has 3 aromatic carbocycles. The predicted octanol–water partition coefficient (Wildman–Crippen LogP) is 6.35. The number of hydrogen-bond acceptors (Lipinski definition) is 5. The second kappa shape index (κ2) is 8.69. The van der Waals surface area contributed by atoms with Crippen LogP contribution in [0.2, 0.25) is 0 Å². The van der Waals surface area contributed by atoms with Crippen molar-refractivity contribution in [1.82, 2.24) is 14.8 Å². The van der Waals surface area contributed by atoms with Crippen molar-refractivity contribution in [3.05, 3.63) is 90.3 Å². The molecule has 0 spiro atoms. The fourth-order valence-electron chi connectivity index (χ4n) is 3.50. The Morgan fingerprint density at radius 2 is 1.28 bits per heavy atom. The van der Waals surface area contributed by atoms with Crippen LogP contribution in [0.4, 0.5) is 0 Å². The lowest BCUT2D eigenvalue weighted by atomic mass is 10.1. The molecule has 5 rings (SSSR count). The van der Waals surface area contributed by atoms with Gasteiger partial charge in [0.1, 0.15) is 11.5 Å². The van der Waals surface area contributed by atoms with Gasteiger partial charge in [-0.05, 0) is 54.6 Å². The summed E-state index contributed by atoms with van der Waals surface area (Å²) in [6, 6.07) is 28.2. The van der Waals surface area contributed by atoms with E-state index in [1.165, 1.54) is 0 Å². The van der Waals surface area contributed by atoms with Gasteiger partial charge in [0.25, 0.3) is 0 Å². The lowest BCUT2D eigenvalue weighted by Gasteiger charge is -2.05. The van der Waals surface area contributed by atoms with Gasteiger partial charge in [-0.1, -0.05) is 30.3 Å². The Kier molecular flexibility index (Phi) is 5.44. The summed E-state index contributed by atoms with van der Waals surface area (Å²) in [4.78, 5) is 4.88. The van der Waals surface area contributed by atoms with Gasteiger partial charge in [0.05, 0.1) is 31.3 Å². The Labute approximate surface area is 190 Å². The molecule has 0 fully saturated rings. The van der Waals surface area contributed by atoms with Crippen LogP contribution in [0.1, 0.15) is 0 Å². The van der Waals surface area contributed by atoms with Gasteiger partial charge in [0.15, 0.2) is 0 Å². The van der Waals surface area contributed by atoms with E-state index in [0.29, 0.717) is 0 Å². The summed E-state index contributed by atoms with van der Waals surface area (Å²) in [5.74, 6) is 1.63. The van der Waals surface area contributed by atoms with Crippen molar-refractivity contribution in [2.75, 3.05) is 14.2 Å². The average molecular weight is 440 g/mol. The molecule has 0 unspecified atom stereocenters. The van der Waals surface area contributed by atoms with E-state index in [4.69, 9.17) is 19.6 Å². The van der Waals surface area contributed by atoms with Gasteiger partial charge in [-0.15, -0.1) is 11.3 Å². The molecule has 0 atom stereocenters. The Morgan fingerprint density at radius 1 is 0.688 bits per heavy atom. The van der Waals surface area contributed by atoms with Crippen molar-refractivity contribution in [3.8, 4) is 50.4 Å². The molecule has 5 nitrogen and oxygen atoms in total. The molecule has 6 heteroatoms. The highest BCUT2D eigenvalue weighted by Gasteiger charge is 2.16. The Balaban J connectivity index is 1.61. The van der Waals surface area contributed by atoms with Crippen LogP contribution in [-0.2, 0) is 0 Å². The summed E-state index contributed by atoms with van der Waals surface area (Å²) >= 11 is 1.57. The summed E-state index contributed by atoms with van der Waals surface area (Å²) in [5.41, 5.74) is 5.91. The van der Waals surface area contributed by atoms with Crippen molar-refractivity contribution in [2.24, 2.45) is 0 Å². The highest BCUT2D eigenvalue weighted by Crippen LogP contribution is 2.32. The molecule has 158 valence electrons. The zero-order valence-electron chi connectivity index (χ0n) is 17.7. The number of nitrogens with zero attached hydrogens (tertiary/aromatic N) is 3. The van der Waals surface area contributed by atoms with E-state index in [0.717, 1.165) is 50.4 Å². The molecule has 0 N–H and O–H groups in total. The number of ether oxygens (including phenoxy) is 2. The van der Waals surface area contributed by atoms with Crippen LogP contribution >= 0.6 is 11.3 Å². The zero-order chi connectivity index (χ0) is 21.9. The van der Waals surface area contributed by atoms with Crippen molar-refractivity contribution >= 4 is 11.3 Å². The molecule has 0 aliphatic heterocycles. The van der Waals surface area contributed by atoms with Crippen LogP contribution in [0.15, 0.2) is 90.3 Å². The number of rotatable bonds is 6. The van der Waals surface area contributed by atoms with E-state index in [1.807, 2.05) is 71.4 Å². The van der Waals surface area contributed by atoms with Gasteiger partial charge in [0, 0.05) is 22.1 Å². The topological polar surface area (TPSA) is 49.2 Å². The minimum absolute atomic E-state index is 0.814. The molecule has 0 saturated carbocycles. The maximum absolute atomic E-state index is 5.32. The molecule has 0 radical (unpaired) electrons. The predicted molar refractivity (Wildman–Crippen MR) is 129 cm³/mol. The third-order valence-corrected chi connectivity index (χ3v) is 6.04. The zero-order valence-corrected chi connectivity index (χ0v) is 18.5. The quantitative estimate of drug-likeness (QED) is 0.309. The number of hydrogen-bond donors (Lipinski definition) is 0. The molecule has 2 heterocycles. The minimum atomic E-state index is 0.814. The van der Waals surface area contributed by atoms with Crippen LogP contribution in [0.3, 0.4) is 0 Å². The smallest absolute Gasteiger partial charge is 0.211 e. The molecule has 0 bridgehead atoms. The van der Waals surface area contributed by atoms with Crippen LogP contribution in [0.25, 0.3) is 38.9 Å². The maximum atomic E-state index is 5.32. The van der Waals surface area contributed by atoms with E-state index < -0.39 is 0 Å². The van der Waals surface area contributed by atoms with Crippen molar-refractivity contribution < 1.29 is 9.47 Å². The van der Waals surface area contributed by atoms with Gasteiger partial charge < -0.3 is 9.47 Å². The summed E-state index contributed by atoms with van der Waals surface area (Å²) in [6.45, 7) is 0. The normalized spacial score (nSPS) is 10.8. The molecule has 2 aromatic heterocycles. The fraction of sp³-hybridized carbons (Fsp3) is 0.0769. The van der Waals surface area contributed by atoms with Gasteiger partial charge in [-0.2, -0.15) is 5.10 Å². The van der Waals surface area contributed by atoms with Gasteiger partial charge >= 0.3 is 0 Å². The summed E-state index contributed by atoms with van der Waals surface area (Å²) in [5, 5.41) is 7.81. The first-order valence-electron chi connectivity index (χ1n) is 10.2. The average Bonchev–Trinajstić information content (AvgIpc) is 3.52. The number of benzene rings is 3. The number of methoxy groups -OCH3 is 2. The number of aromatic nitrogens is 3. The van der Waals surface area contributed by atoms with Gasteiger partial charge in [0.2, 0.25) is 5.13 Å². The van der Waals surface area contributed by atoms with E-state index in [-0.39, 0.29) is 0 Å². The molecule has 0 saturated heterocycles. The van der Waals surface area contributed by atoms with Crippen LogP contribution in [0, 0.1) is 0 Å². The second-order valence-electron chi connectivity index (χ2n) is 7.16. The van der Waals surface area contributed by atoms with Gasteiger partial charge in [-0.3, -0.25) is 0 Å². The molecule has 0 aliphatic carbocycles. The molecular formula is C26H21N3O2S. The summed E-state index contributed by atoms with van der Waals surface area (Å²) < 4.78 is 12.5. The molecule has 5 aromatic rings. The third-order valence-electron chi connectivity index (χ3n) is 5.22. The standard InChI is InChI=1S/C26H21N3O2S/c1-30-21-12-8-19(9-13-21)23-16-25(20-10-14-22(31-2)15-11-20)29(28-23)26-27-24(17-32-26)18-6-4-3-5-7-18/h3-17H,1-2H3. The largest absolute Gasteiger partial charge is 0.497 e. The molecular weight excluding hydrogens is 418 g/mol. The number of thiazole rings is 1. The molecule has 0 amide bonds. The van der Waals surface area contributed by atoms with E-state index >= 15 is 0 Å². The molecule has 32 heavy (non-hydrogen) atoms. The highest BCUT2D eigenvalue weighted by molar-refractivity contribution is 7.12. The van der Waals surface area contributed by atoms with Crippen molar-refractivity contribution in [3.63, 3.8) is 0 Å². The monoisotopic (exact) mass is 439 g/mol. The fourth-order valence-corrected chi connectivity index (χ4v) is 4.30. The Bertz CT molecular complexity index is 1320. The Hall–Kier alpha value is -3.90. The maximum Gasteiger partial charge on any atom is 0.211 e. The van der Waals surface area contributed by atoms with Crippen LogP contribution in [0.5, 0.6) is 11.5 Å². The first-order valence-corrected chi connectivity index (χ1v) is 11.0. The van der Waals surface area contributed by atoms with Crippen molar-refractivity contribution in [2.45, 2.75) is 0 Å². The first kappa shape index (κ1) is 20.0. The minimum Gasteiger partial charge on any atom is -0.497 e. The SMILES string of the molecule is COc1ccc(-c2cc(-c3ccc(OC)cc3)n(-c3nc(-c4ccccc4)cs3)n2)cc1. The highest BCUT2D eigenvalue weighted by atomic mass is 32.1. The first-order chi connectivity index (χ1) is 15.7. The van der Waals surface area contributed by atoms with Gasteiger partial charge in [-0.25, -0.2) is 9.67 Å². The van der Waals surface area contributed by atoms with E-state index in [9.17, 15) is 0 Å². The lowest BCUT2D eigenvalue weighted by molar-refractivity contribution is 0.414. The van der Waals surface area contributed by atoms with Crippen molar-refractivity contribution in [1.29, 1.82) is 0 Å². The van der Waals surface area contributed by atoms with E-state index in [2.05, 4.69) is 23.6 Å². The third kappa shape index (κ3) is 3.88. The van der Waals surface area contributed by atoms with Crippen LogP contribution < -0.4 is 9.47 Å². The Morgan fingerprint density at radius 3 is 1.91 bits per heavy atom. The second-order valence-corrected chi connectivity index (χ2v) is 8.00. The van der Waals surface area contributed by atoms with Crippen LogP contribution in [-0.4, -0.2) is 29.0 Å². The summed E-state index contributed by atoms with van der Waals surface area (Å²) in [6.07, 6.45) is 0. The van der Waals surface area contributed by atoms with E-state index in [1.54, 1.807) is 25.6 Å². The molecule has 0 aliphatic rings.